The molecule has 0 aliphatic carbocycles. The van der Waals surface area contributed by atoms with E-state index < -0.39 is 0 Å². The van der Waals surface area contributed by atoms with Gasteiger partial charge in [0.2, 0.25) is 0 Å². The zero-order valence-electron chi connectivity index (χ0n) is 6.93. The molecule has 0 saturated carbocycles. The molecule has 1 atom stereocenters. The fourth-order valence-electron chi connectivity index (χ4n) is 0.573. The van der Waals surface area contributed by atoms with Crippen LogP contribution in [0, 0.1) is 0 Å². The summed E-state index contributed by atoms with van der Waals surface area (Å²) in [7, 11) is 3.83. The first-order valence-corrected chi connectivity index (χ1v) is 4.59. The maximum Gasteiger partial charge on any atom is 0.0589 e. The van der Waals surface area contributed by atoms with Crippen LogP contribution >= 0.6 is 15.9 Å². The smallest absolute Gasteiger partial charge is 0.0589 e. The molecule has 10 heavy (non-hydrogen) atoms. The maximum atomic E-state index is 4.95. The number of halogens is 1. The van der Waals surface area contributed by atoms with Crippen LogP contribution in [0.3, 0.4) is 0 Å². The van der Waals surface area contributed by atoms with E-state index in [1.165, 1.54) is 0 Å². The van der Waals surface area contributed by atoms with Crippen molar-refractivity contribution >= 4 is 15.9 Å². The molecule has 0 aliphatic rings. The lowest BCUT2D eigenvalue weighted by Crippen LogP contribution is -2.32. The summed E-state index contributed by atoms with van der Waals surface area (Å²) in [6.45, 7) is 4.00. The Morgan fingerprint density at radius 1 is 1.60 bits per heavy atom. The van der Waals surface area contributed by atoms with Crippen molar-refractivity contribution < 1.29 is 4.74 Å². The van der Waals surface area contributed by atoms with Gasteiger partial charge < -0.3 is 9.64 Å². The van der Waals surface area contributed by atoms with Crippen LogP contribution in [0.4, 0.5) is 0 Å². The van der Waals surface area contributed by atoms with Crippen molar-refractivity contribution in [3.8, 4) is 0 Å². The molecular weight excluding hydrogens is 194 g/mol. The summed E-state index contributed by atoms with van der Waals surface area (Å²) >= 11 is 3.42. The van der Waals surface area contributed by atoms with Gasteiger partial charge in [-0.05, 0) is 14.0 Å². The molecule has 0 saturated heterocycles. The highest BCUT2D eigenvalue weighted by atomic mass is 79.9. The average molecular weight is 210 g/mol. The first kappa shape index (κ1) is 10.4. The lowest BCUT2D eigenvalue weighted by Gasteiger charge is -2.21. The van der Waals surface area contributed by atoms with E-state index in [2.05, 4.69) is 34.8 Å². The van der Waals surface area contributed by atoms with Gasteiger partial charge in [0, 0.05) is 25.0 Å². The van der Waals surface area contributed by atoms with Gasteiger partial charge in [-0.25, -0.2) is 0 Å². The molecule has 3 heteroatoms. The number of nitrogens with zero attached hydrogens (tertiary/aromatic N) is 1. The van der Waals surface area contributed by atoms with Crippen LogP contribution in [0.5, 0.6) is 0 Å². The van der Waals surface area contributed by atoms with Crippen LogP contribution in [0.15, 0.2) is 0 Å². The van der Waals surface area contributed by atoms with Crippen molar-refractivity contribution in [1.29, 1.82) is 0 Å². The lowest BCUT2D eigenvalue weighted by atomic mass is 10.3. The third kappa shape index (κ3) is 4.25. The molecule has 0 spiro atoms. The zero-order chi connectivity index (χ0) is 7.98. The summed E-state index contributed by atoms with van der Waals surface area (Å²) in [5, 5.41) is 1.02. The van der Waals surface area contributed by atoms with Gasteiger partial charge in [-0.3, -0.25) is 0 Å². The number of hydrogen-bond donors (Lipinski definition) is 0. The van der Waals surface area contributed by atoms with E-state index in [1.807, 2.05) is 0 Å². The minimum absolute atomic E-state index is 0.593. The lowest BCUT2D eigenvalue weighted by molar-refractivity contribution is 0.148. The molecule has 0 heterocycles. The van der Waals surface area contributed by atoms with Crippen molar-refractivity contribution in [2.45, 2.75) is 13.0 Å². The Morgan fingerprint density at radius 3 is 2.60 bits per heavy atom. The SMILES string of the molecule is COCCN(C)C(C)CBr. The van der Waals surface area contributed by atoms with Crippen molar-refractivity contribution in [2.24, 2.45) is 0 Å². The zero-order valence-corrected chi connectivity index (χ0v) is 8.52. The van der Waals surface area contributed by atoms with Crippen molar-refractivity contribution in [3.05, 3.63) is 0 Å². The fourth-order valence-corrected chi connectivity index (χ4v) is 1.07. The number of alkyl halides is 1. The van der Waals surface area contributed by atoms with Crippen LogP contribution in [0.25, 0.3) is 0 Å². The van der Waals surface area contributed by atoms with Crippen LogP contribution in [-0.2, 0) is 4.74 Å². The molecule has 0 bridgehead atoms. The van der Waals surface area contributed by atoms with E-state index in [1.54, 1.807) is 7.11 Å². The predicted octanol–water partition coefficient (Wildman–Crippen LogP) is 1.35. The highest BCUT2D eigenvalue weighted by Gasteiger charge is 2.05. The fraction of sp³-hybridized carbons (Fsp3) is 1.00. The van der Waals surface area contributed by atoms with E-state index in [0.29, 0.717) is 6.04 Å². The highest BCUT2D eigenvalue weighted by Crippen LogP contribution is 1.98. The van der Waals surface area contributed by atoms with Crippen molar-refractivity contribution in [3.63, 3.8) is 0 Å². The summed E-state index contributed by atoms with van der Waals surface area (Å²) in [5.74, 6) is 0. The van der Waals surface area contributed by atoms with Crippen LogP contribution in [-0.4, -0.2) is 43.6 Å². The minimum atomic E-state index is 0.593. The Bertz CT molecular complexity index is 80.0. The second-order valence-corrected chi connectivity index (χ2v) is 3.12. The molecule has 0 amide bonds. The minimum Gasteiger partial charge on any atom is -0.383 e. The second kappa shape index (κ2) is 6.13. The van der Waals surface area contributed by atoms with E-state index in [9.17, 15) is 0 Å². The van der Waals surface area contributed by atoms with Crippen LogP contribution in [0.1, 0.15) is 6.92 Å². The topological polar surface area (TPSA) is 12.5 Å². The first-order valence-electron chi connectivity index (χ1n) is 3.47. The summed E-state index contributed by atoms with van der Waals surface area (Å²) < 4.78 is 4.95. The standard InChI is InChI=1S/C7H16BrNO/c1-7(6-8)9(2)4-5-10-3/h7H,4-6H2,1-3H3. The summed E-state index contributed by atoms with van der Waals surface area (Å²) in [4.78, 5) is 2.26. The molecule has 0 radical (unpaired) electrons. The van der Waals surface area contributed by atoms with Gasteiger partial charge in [-0.15, -0.1) is 0 Å². The van der Waals surface area contributed by atoms with Crippen LogP contribution in [0.2, 0.25) is 0 Å². The third-order valence-corrected chi connectivity index (χ3v) is 2.56. The molecule has 2 nitrogen and oxygen atoms in total. The van der Waals surface area contributed by atoms with E-state index in [0.717, 1.165) is 18.5 Å². The number of methoxy groups -OCH3 is 1. The Labute approximate surface area is 71.7 Å². The van der Waals surface area contributed by atoms with Crippen LogP contribution < -0.4 is 0 Å². The molecule has 0 N–H and O–H groups in total. The monoisotopic (exact) mass is 209 g/mol. The summed E-state index contributed by atoms with van der Waals surface area (Å²) in [6, 6.07) is 0.593. The Balaban J connectivity index is 3.31. The molecule has 0 aromatic heterocycles. The van der Waals surface area contributed by atoms with E-state index in [-0.39, 0.29) is 0 Å². The maximum absolute atomic E-state index is 4.95. The molecule has 0 aliphatic heterocycles. The van der Waals surface area contributed by atoms with Gasteiger partial charge >= 0.3 is 0 Å². The van der Waals surface area contributed by atoms with Crippen molar-refractivity contribution in [1.82, 2.24) is 4.90 Å². The molecule has 1 unspecified atom stereocenters. The number of hydrogen-bond acceptors (Lipinski definition) is 2. The highest BCUT2D eigenvalue weighted by molar-refractivity contribution is 9.09. The van der Waals surface area contributed by atoms with Gasteiger partial charge in [0.15, 0.2) is 0 Å². The normalized spacial score (nSPS) is 14.1. The predicted molar refractivity (Wildman–Crippen MR) is 47.8 cm³/mol. The number of ether oxygens (including phenoxy) is 1. The summed E-state index contributed by atoms with van der Waals surface area (Å²) in [6.07, 6.45) is 0. The Hall–Kier alpha value is 0.400. The Morgan fingerprint density at radius 2 is 2.20 bits per heavy atom. The Kier molecular flexibility index (Phi) is 6.38. The largest absolute Gasteiger partial charge is 0.383 e. The van der Waals surface area contributed by atoms with Gasteiger partial charge in [-0.1, -0.05) is 15.9 Å². The first-order chi connectivity index (χ1) is 4.72. The molecule has 0 fully saturated rings. The molecule has 0 aromatic rings. The quantitative estimate of drug-likeness (QED) is 0.635. The van der Waals surface area contributed by atoms with Crippen molar-refractivity contribution in [2.75, 3.05) is 32.6 Å². The number of likely N-dealkylation sites (N-methyl/N-ethyl adjacent to an activating group) is 1. The third-order valence-electron chi connectivity index (χ3n) is 1.62. The van der Waals surface area contributed by atoms with Gasteiger partial charge in [-0.2, -0.15) is 0 Å². The van der Waals surface area contributed by atoms with E-state index in [4.69, 9.17) is 4.74 Å². The van der Waals surface area contributed by atoms with Gasteiger partial charge in [0.05, 0.1) is 6.61 Å². The molecule has 0 rings (SSSR count). The molecule has 62 valence electrons. The van der Waals surface area contributed by atoms with Gasteiger partial charge in [0.25, 0.3) is 0 Å². The second-order valence-electron chi connectivity index (χ2n) is 2.48. The summed E-state index contributed by atoms with van der Waals surface area (Å²) in [5.41, 5.74) is 0. The molecule has 0 aromatic carbocycles. The number of rotatable bonds is 5. The molecular formula is C7H16BrNO. The van der Waals surface area contributed by atoms with Gasteiger partial charge in [0.1, 0.15) is 0 Å². The average Bonchev–Trinajstić information content (AvgIpc) is 1.98. The van der Waals surface area contributed by atoms with E-state index >= 15 is 0 Å².